The Labute approximate surface area is 144 Å². The first kappa shape index (κ1) is 18.3. The summed E-state index contributed by atoms with van der Waals surface area (Å²) in [5.74, 6) is -7.13. The molecule has 140 valence electrons. The van der Waals surface area contributed by atoms with Crippen molar-refractivity contribution in [2.45, 2.75) is 12.1 Å². The van der Waals surface area contributed by atoms with Crippen molar-refractivity contribution in [2.24, 2.45) is 0 Å². The van der Waals surface area contributed by atoms with Crippen LogP contribution in [0.3, 0.4) is 0 Å². The van der Waals surface area contributed by atoms with E-state index in [0.717, 1.165) is 0 Å². The molecular weight excluding hydrogens is 363 g/mol. The highest BCUT2D eigenvalue weighted by Crippen LogP contribution is 2.43. The third-order valence-electron chi connectivity index (χ3n) is 3.85. The third-order valence-corrected chi connectivity index (χ3v) is 3.85. The molecule has 26 heavy (non-hydrogen) atoms. The molecule has 0 atom stereocenters. The van der Waals surface area contributed by atoms with E-state index in [-0.39, 0.29) is 17.2 Å². The zero-order chi connectivity index (χ0) is 18.9. The lowest BCUT2D eigenvalue weighted by Gasteiger charge is -2.26. The van der Waals surface area contributed by atoms with Crippen LogP contribution in [0.25, 0.3) is 11.3 Å². The number of alkyl halides is 5. The van der Waals surface area contributed by atoms with Crippen molar-refractivity contribution >= 4 is 5.91 Å². The summed E-state index contributed by atoms with van der Waals surface area (Å²) in [4.78, 5) is 17.1. The molecule has 5 nitrogen and oxygen atoms in total. The Balaban J connectivity index is 1.78. The monoisotopic (exact) mass is 376 g/mol. The van der Waals surface area contributed by atoms with E-state index in [2.05, 4.69) is 9.40 Å². The van der Waals surface area contributed by atoms with Gasteiger partial charge in [0, 0.05) is 24.2 Å². The number of oxazole rings is 1. The zero-order valence-electron chi connectivity index (χ0n) is 13.2. The maximum atomic E-state index is 13.2. The van der Waals surface area contributed by atoms with Gasteiger partial charge in [-0.05, 0) is 12.1 Å². The SMILES string of the molecule is O=C(c1ccc(-c2coc(C(F)(F)C(F)(F)F)n2)cc1)N1CCOCC1. The van der Waals surface area contributed by atoms with Crippen LogP contribution in [0.5, 0.6) is 0 Å². The quantitative estimate of drug-likeness (QED) is 0.770. The van der Waals surface area contributed by atoms with Crippen molar-refractivity contribution in [2.75, 3.05) is 26.3 Å². The van der Waals surface area contributed by atoms with Gasteiger partial charge in [-0.3, -0.25) is 4.79 Å². The van der Waals surface area contributed by atoms with Crippen LogP contribution in [0.2, 0.25) is 0 Å². The van der Waals surface area contributed by atoms with Crippen LogP contribution < -0.4 is 0 Å². The van der Waals surface area contributed by atoms with Gasteiger partial charge in [0.25, 0.3) is 11.8 Å². The Kier molecular flexibility index (Phi) is 4.70. The highest BCUT2D eigenvalue weighted by atomic mass is 19.4. The van der Waals surface area contributed by atoms with Crippen LogP contribution in [-0.4, -0.2) is 48.3 Å². The van der Waals surface area contributed by atoms with E-state index in [1.165, 1.54) is 24.3 Å². The summed E-state index contributed by atoms with van der Waals surface area (Å²) in [6.07, 6.45) is -5.09. The summed E-state index contributed by atoms with van der Waals surface area (Å²) in [5, 5.41) is 0. The van der Waals surface area contributed by atoms with Gasteiger partial charge in [0.05, 0.1) is 13.2 Å². The van der Waals surface area contributed by atoms with Gasteiger partial charge < -0.3 is 14.1 Å². The Hall–Kier alpha value is -2.49. The predicted octanol–water partition coefficient (Wildman–Crippen LogP) is 3.47. The number of aromatic nitrogens is 1. The summed E-state index contributed by atoms with van der Waals surface area (Å²) >= 11 is 0. The molecule has 1 aromatic heterocycles. The first-order valence-corrected chi connectivity index (χ1v) is 7.58. The van der Waals surface area contributed by atoms with Crippen molar-refractivity contribution in [1.82, 2.24) is 9.88 Å². The minimum absolute atomic E-state index is 0.186. The third kappa shape index (κ3) is 3.41. The molecule has 2 aromatic rings. The summed E-state index contributed by atoms with van der Waals surface area (Å²) in [5.41, 5.74) is 0.422. The summed E-state index contributed by atoms with van der Waals surface area (Å²) < 4.78 is 73.0. The molecule has 0 aliphatic carbocycles. The second-order valence-electron chi connectivity index (χ2n) is 5.59. The first-order chi connectivity index (χ1) is 12.2. The maximum Gasteiger partial charge on any atom is 0.463 e. The number of rotatable bonds is 3. The van der Waals surface area contributed by atoms with Gasteiger partial charge in [-0.25, -0.2) is 4.98 Å². The molecule has 0 radical (unpaired) electrons. The van der Waals surface area contributed by atoms with E-state index in [9.17, 15) is 26.7 Å². The van der Waals surface area contributed by atoms with Crippen LogP contribution in [0.15, 0.2) is 34.9 Å². The van der Waals surface area contributed by atoms with Crippen molar-refractivity contribution in [1.29, 1.82) is 0 Å². The van der Waals surface area contributed by atoms with Gasteiger partial charge in [-0.1, -0.05) is 12.1 Å². The minimum Gasteiger partial charge on any atom is -0.443 e. The lowest BCUT2D eigenvalue weighted by molar-refractivity contribution is -0.297. The lowest BCUT2D eigenvalue weighted by atomic mass is 10.1. The molecule has 1 saturated heterocycles. The van der Waals surface area contributed by atoms with Gasteiger partial charge in [-0.15, -0.1) is 0 Å². The highest BCUT2D eigenvalue weighted by molar-refractivity contribution is 5.94. The minimum atomic E-state index is -5.80. The van der Waals surface area contributed by atoms with Gasteiger partial charge in [0.15, 0.2) is 0 Å². The number of carbonyl (C=O) groups is 1. The van der Waals surface area contributed by atoms with E-state index in [4.69, 9.17) is 4.74 Å². The summed E-state index contributed by atoms with van der Waals surface area (Å²) in [6, 6.07) is 5.70. The van der Waals surface area contributed by atoms with Gasteiger partial charge in [0.1, 0.15) is 12.0 Å². The second kappa shape index (κ2) is 6.67. The fraction of sp³-hybridized carbons (Fsp3) is 0.375. The first-order valence-electron chi connectivity index (χ1n) is 7.58. The molecule has 2 heterocycles. The molecule has 1 amide bonds. The zero-order valence-corrected chi connectivity index (χ0v) is 13.2. The van der Waals surface area contributed by atoms with Crippen LogP contribution >= 0.6 is 0 Å². The van der Waals surface area contributed by atoms with Crippen LogP contribution in [-0.2, 0) is 10.7 Å². The molecule has 0 bridgehead atoms. The number of hydrogen-bond donors (Lipinski definition) is 0. The van der Waals surface area contributed by atoms with Crippen molar-refractivity contribution in [3.8, 4) is 11.3 Å². The lowest BCUT2D eigenvalue weighted by Crippen LogP contribution is -2.40. The van der Waals surface area contributed by atoms with Gasteiger partial charge in [-0.2, -0.15) is 22.0 Å². The van der Waals surface area contributed by atoms with E-state index in [1.807, 2.05) is 0 Å². The number of morpholine rings is 1. The molecule has 1 fully saturated rings. The summed E-state index contributed by atoms with van der Waals surface area (Å²) in [7, 11) is 0. The Morgan fingerprint density at radius 2 is 1.65 bits per heavy atom. The number of halogens is 5. The molecule has 1 aliphatic rings. The molecular formula is C16H13F5N2O3. The molecule has 0 N–H and O–H groups in total. The van der Waals surface area contributed by atoms with E-state index >= 15 is 0 Å². The Morgan fingerprint density at radius 3 is 2.23 bits per heavy atom. The average molecular weight is 376 g/mol. The number of amides is 1. The molecule has 10 heteroatoms. The molecule has 0 unspecified atom stereocenters. The number of benzene rings is 1. The number of ether oxygens (including phenoxy) is 1. The number of nitrogens with zero attached hydrogens (tertiary/aromatic N) is 2. The van der Waals surface area contributed by atoms with E-state index in [1.54, 1.807) is 4.90 Å². The van der Waals surface area contributed by atoms with Crippen molar-refractivity contribution in [3.63, 3.8) is 0 Å². The fourth-order valence-electron chi connectivity index (χ4n) is 2.40. The molecule has 0 saturated carbocycles. The maximum absolute atomic E-state index is 13.2. The van der Waals surface area contributed by atoms with Crippen molar-refractivity contribution in [3.05, 3.63) is 42.0 Å². The number of carbonyl (C=O) groups excluding carboxylic acids is 1. The largest absolute Gasteiger partial charge is 0.463 e. The number of hydrogen-bond acceptors (Lipinski definition) is 4. The van der Waals surface area contributed by atoms with Crippen molar-refractivity contribution < 1.29 is 35.9 Å². The Morgan fingerprint density at radius 1 is 1.04 bits per heavy atom. The molecule has 0 spiro atoms. The summed E-state index contributed by atoms with van der Waals surface area (Å²) in [6.45, 7) is 1.80. The average Bonchev–Trinajstić information content (AvgIpc) is 3.12. The topological polar surface area (TPSA) is 55.6 Å². The normalized spacial score (nSPS) is 16.0. The molecule has 1 aromatic carbocycles. The second-order valence-corrected chi connectivity index (χ2v) is 5.59. The molecule has 3 rings (SSSR count). The Bertz CT molecular complexity index is 780. The van der Waals surface area contributed by atoms with Crippen LogP contribution in [0, 0.1) is 0 Å². The van der Waals surface area contributed by atoms with Crippen LogP contribution in [0.4, 0.5) is 22.0 Å². The van der Waals surface area contributed by atoms with Gasteiger partial charge in [0.2, 0.25) is 0 Å². The van der Waals surface area contributed by atoms with Gasteiger partial charge >= 0.3 is 12.1 Å². The van der Waals surface area contributed by atoms with E-state index < -0.39 is 18.0 Å². The molecule has 1 aliphatic heterocycles. The predicted molar refractivity (Wildman–Crippen MR) is 78.6 cm³/mol. The van der Waals surface area contributed by atoms with E-state index in [0.29, 0.717) is 38.1 Å². The smallest absolute Gasteiger partial charge is 0.443 e. The van der Waals surface area contributed by atoms with Crippen LogP contribution in [0.1, 0.15) is 16.2 Å². The standard InChI is InChI=1S/C16H13F5N2O3/c17-15(18,16(19,20)21)14-22-12(9-26-14)10-1-3-11(4-2-10)13(24)23-5-7-25-8-6-23/h1-4,9H,5-8H2. The fourth-order valence-corrected chi connectivity index (χ4v) is 2.40. The highest BCUT2D eigenvalue weighted by Gasteiger charge is 2.62.